The number of pyridine rings is 2. The molecule has 4 aromatic heterocycles. The van der Waals surface area contributed by atoms with Gasteiger partial charge in [-0.2, -0.15) is 10.2 Å². The van der Waals surface area contributed by atoms with Gasteiger partial charge in [0.25, 0.3) is 0 Å². The van der Waals surface area contributed by atoms with Crippen LogP contribution in [0.3, 0.4) is 0 Å². The van der Waals surface area contributed by atoms with Crippen molar-refractivity contribution in [2.24, 2.45) is 0 Å². The van der Waals surface area contributed by atoms with E-state index in [-0.39, 0.29) is 0 Å². The molecule has 318 valence electrons. The Morgan fingerprint density at radius 2 is 0.850 bits per heavy atom. The molecule has 0 unspecified atom stereocenters. The third-order valence-corrected chi connectivity index (χ3v) is 8.89. The zero-order valence-corrected chi connectivity index (χ0v) is 35.1. The second-order valence-electron chi connectivity index (χ2n) is 11.6. The van der Waals surface area contributed by atoms with Crippen LogP contribution in [-0.4, -0.2) is 123 Å². The summed E-state index contributed by atoms with van der Waals surface area (Å²) < 4.78 is 6.25. The molecule has 0 aliphatic carbocycles. The quantitative estimate of drug-likeness (QED) is 0.0696. The van der Waals surface area contributed by atoms with E-state index < -0.39 is 35.8 Å². The number of carbonyl (C=O) groups is 6. The van der Waals surface area contributed by atoms with Crippen LogP contribution in [0.4, 0.5) is 0 Å². The van der Waals surface area contributed by atoms with Crippen LogP contribution < -0.4 is 10.6 Å². The van der Waals surface area contributed by atoms with Gasteiger partial charge in [-0.15, -0.1) is 0 Å². The molecule has 8 N–H and O–H groups in total. The highest BCUT2D eigenvalue weighted by Crippen LogP contribution is 2.33. The van der Waals surface area contributed by atoms with Gasteiger partial charge in [0, 0.05) is 68.7 Å². The Balaban J connectivity index is 0.000000296. The number of carboxylic acid groups (broad SMARTS) is 6. The van der Waals surface area contributed by atoms with Crippen molar-refractivity contribution in [3.05, 3.63) is 94.4 Å². The van der Waals surface area contributed by atoms with Crippen molar-refractivity contribution in [1.82, 2.24) is 40.2 Å². The summed E-state index contributed by atoms with van der Waals surface area (Å²) in [6.07, 6.45) is 9.53. The van der Waals surface area contributed by atoms with Crippen LogP contribution in [-0.2, 0) is 41.9 Å². The number of aromatic nitrogens is 6. The number of aryl methyl sites for hydroxylation is 2. The molecule has 0 atom stereocenters. The smallest absolute Gasteiger partial charge is 0.414 e. The average Bonchev–Trinajstić information content (AvgIpc) is 3.78. The van der Waals surface area contributed by atoms with E-state index in [2.05, 4.69) is 74.0 Å². The maximum atomic E-state index is 9.10. The summed E-state index contributed by atoms with van der Waals surface area (Å²) in [7, 11) is 3.94. The molecule has 0 bridgehead atoms. The van der Waals surface area contributed by atoms with Gasteiger partial charge in [-0.25, -0.2) is 28.8 Å². The molecular weight excluding hydrogens is 920 g/mol. The Kier molecular flexibility index (Phi) is 21.2. The highest BCUT2D eigenvalue weighted by atomic mass is 79.9. The fourth-order valence-corrected chi connectivity index (χ4v) is 5.85. The van der Waals surface area contributed by atoms with Crippen LogP contribution in [0.25, 0.3) is 44.3 Å². The average molecular weight is 961 g/mol. The molecule has 6 aromatic rings. The Morgan fingerprint density at radius 1 is 0.533 bits per heavy atom. The Bertz CT molecular complexity index is 2180. The number of hydrogen-bond donors (Lipinski definition) is 8. The molecule has 0 saturated carbocycles. The van der Waals surface area contributed by atoms with Gasteiger partial charge in [0.15, 0.2) is 0 Å². The van der Waals surface area contributed by atoms with Crippen LogP contribution in [0.15, 0.2) is 94.4 Å². The first-order chi connectivity index (χ1) is 28.5. The van der Waals surface area contributed by atoms with E-state index in [1.54, 1.807) is 0 Å². The minimum absolute atomic E-state index is 0.895. The second kappa shape index (κ2) is 25.7. The molecule has 60 heavy (non-hydrogen) atoms. The van der Waals surface area contributed by atoms with Gasteiger partial charge in [-0.1, -0.05) is 68.3 Å². The van der Waals surface area contributed by atoms with Gasteiger partial charge < -0.3 is 41.3 Å². The van der Waals surface area contributed by atoms with Crippen LogP contribution >= 0.6 is 31.9 Å². The monoisotopic (exact) mass is 958 g/mol. The van der Waals surface area contributed by atoms with Crippen LogP contribution in [0.5, 0.6) is 0 Å². The third kappa shape index (κ3) is 15.6. The summed E-state index contributed by atoms with van der Waals surface area (Å²) in [5.41, 5.74) is 6.43. The van der Waals surface area contributed by atoms with Crippen molar-refractivity contribution in [1.29, 1.82) is 0 Å². The molecule has 6 rings (SSSR count). The van der Waals surface area contributed by atoms with Crippen LogP contribution in [0.1, 0.15) is 12.8 Å². The Morgan fingerprint density at radius 3 is 1.13 bits per heavy atom. The van der Waals surface area contributed by atoms with Crippen molar-refractivity contribution in [3.8, 4) is 22.5 Å². The SMILES string of the molecule is CNCCCn1nc(-c2ccccc2Br)c2cnccc21.CNCCCn1nc(-c2ccccc2Br)c2cnccc21.O=C(O)C(=O)O.O=C(O)C(=O)O.O=C(O)C(=O)O. The van der Waals surface area contributed by atoms with Crippen molar-refractivity contribution < 1.29 is 59.4 Å². The minimum atomic E-state index is -1.82. The largest absolute Gasteiger partial charge is 0.473 e. The fourth-order valence-electron chi connectivity index (χ4n) is 4.90. The minimum Gasteiger partial charge on any atom is -0.473 e. The predicted octanol–water partition coefficient (Wildman–Crippen LogP) is 4.41. The number of rotatable bonds is 10. The predicted molar refractivity (Wildman–Crippen MR) is 224 cm³/mol. The standard InChI is InChI=1S/2C16H17BrN4.3C2H2O4/c2*1-18-8-4-10-21-15-7-9-19-11-13(15)16(20-21)12-5-2-3-6-14(12)17;3*3-1(4)2(5)6/h2*2-3,5-7,9,11,18H,4,8,10H2,1H3;3*(H,3,4)(H,5,6). The molecule has 20 nitrogen and oxygen atoms in total. The molecule has 0 aliphatic heterocycles. The molecule has 0 saturated heterocycles. The third-order valence-electron chi connectivity index (χ3n) is 7.50. The first-order valence-electron chi connectivity index (χ1n) is 17.3. The molecule has 0 aliphatic rings. The molecular formula is C38H40Br2N8O12. The number of nitrogens with one attached hydrogen (secondary N) is 2. The van der Waals surface area contributed by atoms with E-state index in [9.17, 15) is 0 Å². The van der Waals surface area contributed by atoms with Gasteiger partial charge >= 0.3 is 35.8 Å². The van der Waals surface area contributed by atoms with Gasteiger partial charge in [0.2, 0.25) is 0 Å². The van der Waals surface area contributed by atoms with E-state index >= 15 is 0 Å². The van der Waals surface area contributed by atoms with Crippen molar-refractivity contribution in [2.45, 2.75) is 25.9 Å². The summed E-state index contributed by atoms with van der Waals surface area (Å²) in [5.74, 6) is -10.9. The number of halogens is 2. The lowest BCUT2D eigenvalue weighted by molar-refractivity contribution is -0.159. The highest BCUT2D eigenvalue weighted by molar-refractivity contribution is 9.11. The van der Waals surface area contributed by atoms with Gasteiger partial charge in [0.05, 0.1) is 11.0 Å². The number of hydrogen-bond acceptors (Lipinski definition) is 12. The van der Waals surface area contributed by atoms with Gasteiger partial charge in [-0.3, -0.25) is 19.3 Å². The van der Waals surface area contributed by atoms with Crippen LogP contribution in [0, 0.1) is 0 Å². The number of carboxylic acids is 6. The maximum absolute atomic E-state index is 9.10. The number of aliphatic carboxylic acids is 6. The normalized spacial score (nSPS) is 10.0. The molecule has 0 spiro atoms. The van der Waals surface area contributed by atoms with E-state index in [1.165, 1.54) is 0 Å². The Labute approximate surface area is 357 Å². The molecule has 0 fully saturated rings. The van der Waals surface area contributed by atoms with E-state index in [0.29, 0.717) is 0 Å². The van der Waals surface area contributed by atoms with E-state index in [4.69, 9.17) is 69.6 Å². The Hall–Kier alpha value is -6.62. The summed E-state index contributed by atoms with van der Waals surface area (Å²) in [5, 5.41) is 62.5. The lowest BCUT2D eigenvalue weighted by atomic mass is 10.1. The topological polar surface area (TPSA) is 309 Å². The molecule has 22 heteroatoms. The van der Waals surface area contributed by atoms with E-state index in [1.807, 2.05) is 87.4 Å². The molecule has 0 amide bonds. The van der Waals surface area contributed by atoms with Crippen molar-refractivity contribution >= 4 is 89.5 Å². The summed E-state index contributed by atoms with van der Waals surface area (Å²) in [6, 6.07) is 20.4. The van der Waals surface area contributed by atoms with Crippen molar-refractivity contribution in [3.63, 3.8) is 0 Å². The number of benzene rings is 2. The summed E-state index contributed by atoms with van der Waals surface area (Å²) >= 11 is 7.22. The lowest BCUT2D eigenvalue weighted by Crippen LogP contribution is -2.11. The molecule has 0 radical (unpaired) electrons. The van der Waals surface area contributed by atoms with Crippen molar-refractivity contribution in [2.75, 3.05) is 27.2 Å². The zero-order chi connectivity index (χ0) is 44.8. The van der Waals surface area contributed by atoms with Gasteiger partial charge in [-0.05, 0) is 64.3 Å². The van der Waals surface area contributed by atoms with Gasteiger partial charge in [0.1, 0.15) is 11.4 Å². The second-order valence-corrected chi connectivity index (χ2v) is 13.3. The maximum Gasteiger partial charge on any atom is 0.414 e. The highest BCUT2D eigenvalue weighted by Gasteiger charge is 2.15. The first-order valence-corrected chi connectivity index (χ1v) is 18.9. The fraction of sp³-hybridized carbons (Fsp3) is 0.211. The molecule has 2 aromatic carbocycles. The molecule has 4 heterocycles. The first kappa shape index (κ1) is 49.5. The number of nitrogens with zero attached hydrogens (tertiary/aromatic N) is 6. The van der Waals surface area contributed by atoms with Crippen LogP contribution in [0.2, 0.25) is 0 Å². The summed E-state index contributed by atoms with van der Waals surface area (Å²) in [4.78, 5) is 63.1. The summed E-state index contributed by atoms with van der Waals surface area (Å²) in [6.45, 7) is 3.76. The lowest BCUT2D eigenvalue weighted by Gasteiger charge is -2.03. The number of fused-ring (bicyclic) bond motifs is 2. The van der Waals surface area contributed by atoms with E-state index in [0.717, 1.165) is 92.3 Å². The zero-order valence-electron chi connectivity index (χ0n) is 31.9.